The number of hydrogen-bond donors (Lipinski definition) is 1. The number of carbonyl (C=O) groups excluding carboxylic acids is 1. The fraction of sp³-hybridized carbons (Fsp3) is 0.323. The molecule has 9 nitrogen and oxygen atoms in total. The molecule has 1 amide bonds. The average Bonchev–Trinajstić information content (AvgIpc) is 3.02. The predicted molar refractivity (Wildman–Crippen MR) is 166 cm³/mol. The monoisotopic (exact) mass is 658 g/mol. The molecule has 0 aliphatic carbocycles. The van der Waals surface area contributed by atoms with Gasteiger partial charge in [-0.1, -0.05) is 56.6 Å². The Morgan fingerprint density at radius 2 is 1.84 bits per heavy atom. The topological polar surface area (TPSA) is 115 Å². The number of amides is 1. The molecule has 2 atom stereocenters. The summed E-state index contributed by atoms with van der Waals surface area (Å²) in [4.78, 5) is 38.9. The minimum absolute atomic E-state index is 0.0898. The largest absolute Gasteiger partial charge is 0.504 e. The highest BCUT2D eigenvalue weighted by Gasteiger charge is 2.35. The summed E-state index contributed by atoms with van der Waals surface area (Å²) in [7, 11) is 0. The van der Waals surface area contributed by atoms with Gasteiger partial charge in [0, 0.05) is 49.4 Å². The van der Waals surface area contributed by atoms with Crippen LogP contribution >= 0.6 is 23.2 Å². The number of carbonyl (C=O) groups is 1. The number of phenolic OH excluding ortho intramolecular Hbond substituents is 1. The molecule has 14 heteroatoms. The number of fused-ring (bicyclic) bond motifs is 1. The highest BCUT2D eigenvalue weighted by atomic mass is 35.5. The number of hydrogen-bond acceptors (Lipinski definition) is 7. The van der Waals surface area contributed by atoms with Gasteiger partial charge in [-0.05, 0) is 18.1 Å². The SMILES string of the molecule is C=CC(=O)N1CCN(c2c(C#N)c(=O)n(C3C(C(C)C)=NC=C[C@H]3C)c3nc(-c4c(O)c(F)c(Cl)c(F)c4F)c(Cl)cc23)CC1. The van der Waals surface area contributed by atoms with Crippen LogP contribution in [0.5, 0.6) is 5.75 Å². The normalized spacial score (nSPS) is 18.4. The van der Waals surface area contributed by atoms with Gasteiger partial charge in [0.15, 0.2) is 23.2 Å². The molecule has 2 aliphatic heterocycles. The van der Waals surface area contributed by atoms with E-state index in [0.29, 0.717) is 5.71 Å². The molecule has 0 saturated carbocycles. The number of rotatable bonds is 5. The van der Waals surface area contributed by atoms with Crippen molar-refractivity contribution < 1.29 is 23.1 Å². The van der Waals surface area contributed by atoms with Crippen LogP contribution in [0.4, 0.5) is 18.9 Å². The van der Waals surface area contributed by atoms with Crippen LogP contribution in [-0.4, -0.2) is 57.4 Å². The lowest BCUT2D eigenvalue weighted by Crippen LogP contribution is -2.49. The Bertz CT molecular complexity index is 1900. The minimum atomic E-state index is -1.76. The van der Waals surface area contributed by atoms with Gasteiger partial charge in [-0.15, -0.1) is 0 Å². The second-order valence-corrected chi connectivity index (χ2v) is 11.8. The van der Waals surface area contributed by atoms with E-state index >= 15 is 4.39 Å². The lowest BCUT2D eigenvalue weighted by atomic mass is 9.88. The van der Waals surface area contributed by atoms with E-state index in [1.807, 2.05) is 26.8 Å². The maximum Gasteiger partial charge on any atom is 0.272 e. The summed E-state index contributed by atoms with van der Waals surface area (Å²) >= 11 is 12.1. The fourth-order valence-corrected chi connectivity index (χ4v) is 6.26. The maximum atomic E-state index is 15.3. The number of aromatic nitrogens is 2. The molecular formula is C31H27Cl2F3N6O3. The van der Waals surface area contributed by atoms with Crippen LogP contribution < -0.4 is 10.5 Å². The number of nitrogens with zero attached hydrogens (tertiary/aromatic N) is 6. The summed E-state index contributed by atoms with van der Waals surface area (Å²) in [6.07, 6.45) is 4.59. The highest BCUT2D eigenvalue weighted by molar-refractivity contribution is 6.34. The first kappa shape index (κ1) is 32.1. The molecule has 2 aliphatic rings. The van der Waals surface area contributed by atoms with Crippen molar-refractivity contribution in [2.24, 2.45) is 16.8 Å². The summed E-state index contributed by atoms with van der Waals surface area (Å²) in [5.41, 5.74) is -1.81. The molecule has 5 rings (SSSR count). The van der Waals surface area contributed by atoms with Crippen molar-refractivity contribution >= 4 is 51.5 Å². The summed E-state index contributed by atoms with van der Waals surface area (Å²) in [5.74, 6) is -7.15. The van der Waals surface area contributed by atoms with E-state index in [-0.39, 0.29) is 71.2 Å². The molecule has 3 aromatic rings. The summed E-state index contributed by atoms with van der Waals surface area (Å²) in [5, 5.41) is 19.5. The van der Waals surface area contributed by atoms with E-state index in [4.69, 9.17) is 23.2 Å². The molecule has 1 aromatic carbocycles. The van der Waals surface area contributed by atoms with Gasteiger partial charge in [0.1, 0.15) is 22.3 Å². The Labute approximate surface area is 266 Å². The zero-order valence-corrected chi connectivity index (χ0v) is 25.9. The van der Waals surface area contributed by atoms with Crippen LogP contribution in [0, 0.1) is 40.6 Å². The van der Waals surface area contributed by atoms with Crippen LogP contribution in [0.2, 0.25) is 10.0 Å². The molecule has 2 aromatic heterocycles. The molecule has 0 radical (unpaired) electrons. The first-order chi connectivity index (χ1) is 21.3. The molecule has 1 unspecified atom stereocenters. The highest BCUT2D eigenvalue weighted by Crippen LogP contribution is 2.44. The third-order valence-electron chi connectivity index (χ3n) is 8.07. The van der Waals surface area contributed by atoms with Crippen LogP contribution in [0.3, 0.4) is 0 Å². The van der Waals surface area contributed by atoms with Crippen LogP contribution in [0.15, 0.2) is 40.8 Å². The minimum Gasteiger partial charge on any atom is -0.504 e. The van der Waals surface area contributed by atoms with E-state index in [1.165, 1.54) is 16.7 Å². The lowest BCUT2D eigenvalue weighted by molar-refractivity contribution is -0.126. The predicted octanol–water partition coefficient (Wildman–Crippen LogP) is 6.00. The van der Waals surface area contributed by atoms with Gasteiger partial charge in [-0.3, -0.25) is 19.1 Å². The van der Waals surface area contributed by atoms with Crippen LogP contribution in [0.1, 0.15) is 32.4 Å². The van der Waals surface area contributed by atoms with Crippen molar-refractivity contribution in [3.8, 4) is 23.1 Å². The lowest BCUT2D eigenvalue weighted by Gasteiger charge is -2.37. The number of anilines is 1. The number of aliphatic imine (C=N–C) groups is 1. The van der Waals surface area contributed by atoms with Crippen molar-refractivity contribution in [2.75, 3.05) is 31.1 Å². The van der Waals surface area contributed by atoms with Crippen molar-refractivity contribution in [2.45, 2.75) is 26.8 Å². The maximum absolute atomic E-state index is 15.3. The van der Waals surface area contributed by atoms with Crippen LogP contribution in [-0.2, 0) is 4.79 Å². The number of allylic oxidation sites excluding steroid dienone is 1. The third-order valence-corrected chi connectivity index (χ3v) is 8.69. The molecule has 0 spiro atoms. The molecule has 234 valence electrons. The van der Waals surface area contributed by atoms with Gasteiger partial charge in [0.25, 0.3) is 5.56 Å². The second kappa shape index (κ2) is 12.2. The zero-order chi connectivity index (χ0) is 32.9. The number of pyridine rings is 2. The van der Waals surface area contributed by atoms with E-state index in [0.717, 1.165) is 0 Å². The number of aromatic hydroxyl groups is 1. The average molecular weight is 659 g/mol. The first-order valence-corrected chi connectivity index (χ1v) is 14.7. The van der Waals surface area contributed by atoms with Gasteiger partial charge in [-0.2, -0.15) is 5.26 Å². The van der Waals surface area contributed by atoms with Gasteiger partial charge in [-0.25, -0.2) is 18.2 Å². The Kier molecular flexibility index (Phi) is 8.70. The van der Waals surface area contributed by atoms with E-state index < -0.39 is 51.1 Å². The smallest absolute Gasteiger partial charge is 0.272 e. The van der Waals surface area contributed by atoms with Crippen LogP contribution in [0.25, 0.3) is 22.3 Å². The summed E-state index contributed by atoms with van der Waals surface area (Å²) in [6.45, 7) is 10.1. The fourth-order valence-electron chi connectivity index (χ4n) is 5.84. The molecule has 0 bridgehead atoms. The summed E-state index contributed by atoms with van der Waals surface area (Å²) < 4.78 is 45.9. The molecular weight excluding hydrogens is 632 g/mol. The molecule has 1 N–H and O–H groups in total. The Hall–Kier alpha value is -4.34. The van der Waals surface area contributed by atoms with Crippen molar-refractivity contribution in [1.29, 1.82) is 5.26 Å². The Morgan fingerprint density at radius 3 is 2.44 bits per heavy atom. The van der Waals surface area contributed by atoms with E-state index in [1.54, 1.807) is 22.1 Å². The van der Waals surface area contributed by atoms with Crippen molar-refractivity contribution in [3.63, 3.8) is 0 Å². The van der Waals surface area contributed by atoms with E-state index in [2.05, 4.69) is 16.6 Å². The van der Waals surface area contributed by atoms with Crippen molar-refractivity contribution in [1.82, 2.24) is 14.5 Å². The van der Waals surface area contributed by atoms with Gasteiger partial charge < -0.3 is 14.9 Å². The molecule has 4 heterocycles. The van der Waals surface area contributed by atoms with Gasteiger partial charge >= 0.3 is 0 Å². The second-order valence-electron chi connectivity index (χ2n) is 11.1. The van der Waals surface area contributed by atoms with Crippen molar-refractivity contribution in [3.05, 3.63) is 74.4 Å². The summed E-state index contributed by atoms with van der Waals surface area (Å²) in [6, 6.07) is 2.58. The molecule has 1 fully saturated rings. The third kappa shape index (κ3) is 5.23. The number of piperazine rings is 1. The number of benzene rings is 1. The Balaban J connectivity index is 1.88. The quantitative estimate of drug-likeness (QED) is 0.204. The molecule has 1 saturated heterocycles. The number of halogens is 5. The van der Waals surface area contributed by atoms with Gasteiger partial charge in [0.05, 0.1) is 28.0 Å². The zero-order valence-electron chi connectivity index (χ0n) is 24.4. The van der Waals surface area contributed by atoms with E-state index in [9.17, 15) is 28.7 Å². The van der Waals surface area contributed by atoms with Gasteiger partial charge in [0.2, 0.25) is 5.91 Å². The Morgan fingerprint density at radius 1 is 1.18 bits per heavy atom. The number of phenols is 1. The first-order valence-electron chi connectivity index (χ1n) is 14.0. The standard InChI is InChI=1S/C31H27Cl2F3N6O3/c1-5-19(43)40-8-10-41(11-9-40)28-16-12-18(32)26(20-22(34)23(35)21(33)24(36)29(20)44)39-30(16)42(31(45)17(28)13-37)27-15(4)6-7-38-25(27)14(2)3/h5-7,12,14-15,27,44H,1,8-11H2,2-4H3/t15-,27?/m1/s1. The number of nitriles is 1. The molecule has 45 heavy (non-hydrogen) atoms.